The number of hydrogen-bond acceptors (Lipinski definition) is 7. The first-order valence-corrected chi connectivity index (χ1v) is 15.8. The lowest BCUT2D eigenvalue weighted by Gasteiger charge is -2.35. The molecule has 2 aromatic rings. The molecule has 2 aliphatic heterocycles. The zero-order valence-electron chi connectivity index (χ0n) is 26.6. The molecule has 0 bridgehead atoms. The van der Waals surface area contributed by atoms with Crippen molar-refractivity contribution in [3.63, 3.8) is 0 Å². The van der Waals surface area contributed by atoms with E-state index in [1.54, 1.807) is 28.0 Å². The van der Waals surface area contributed by atoms with E-state index in [1.807, 2.05) is 20.8 Å². The second-order valence-corrected chi connectivity index (χ2v) is 13.1. The summed E-state index contributed by atoms with van der Waals surface area (Å²) in [6.45, 7) is 7.53. The van der Waals surface area contributed by atoms with Gasteiger partial charge in [0.25, 0.3) is 0 Å². The lowest BCUT2D eigenvalue weighted by molar-refractivity contribution is -0.138. The Balaban J connectivity index is 1.32. The van der Waals surface area contributed by atoms with Crippen molar-refractivity contribution in [2.45, 2.75) is 77.4 Å². The van der Waals surface area contributed by atoms with E-state index in [0.29, 0.717) is 67.9 Å². The maximum Gasteiger partial charge on any atom is 0.410 e. The summed E-state index contributed by atoms with van der Waals surface area (Å²) in [6.07, 6.45) is 6.17. The Morgan fingerprint density at radius 1 is 1.09 bits per heavy atom. The lowest BCUT2D eigenvalue weighted by Crippen LogP contribution is -2.46. The minimum atomic E-state index is -1.11. The molecule has 46 heavy (non-hydrogen) atoms. The molecule has 1 aromatic carbocycles. The zero-order chi connectivity index (χ0) is 33.4. The molecule has 0 radical (unpaired) electrons. The largest absolute Gasteiger partial charge is 0.481 e. The minimum Gasteiger partial charge on any atom is -0.481 e. The van der Waals surface area contributed by atoms with Gasteiger partial charge in [-0.2, -0.15) is 5.26 Å². The quantitative estimate of drug-likeness (QED) is 0.388. The van der Waals surface area contributed by atoms with Crippen LogP contribution in [0.5, 0.6) is 0 Å². The number of aliphatic carboxylic acids is 1. The molecule has 2 N–H and O–H groups in total. The number of nitrogens with zero attached hydrogens (tertiary/aromatic N) is 4. The van der Waals surface area contributed by atoms with Crippen molar-refractivity contribution in [2.75, 3.05) is 26.2 Å². The summed E-state index contributed by atoms with van der Waals surface area (Å²) >= 11 is 0. The van der Waals surface area contributed by atoms with E-state index >= 15 is 0 Å². The molecule has 0 aliphatic carbocycles. The van der Waals surface area contributed by atoms with Gasteiger partial charge in [0.2, 0.25) is 11.8 Å². The maximum atomic E-state index is 14.2. The number of carbonyl (C=O) groups excluding carboxylic acids is 3. The summed E-state index contributed by atoms with van der Waals surface area (Å²) in [6, 6.07) is 6.69. The van der Waals surface area contributed by atoms with E-state index in [2.05, 4.69) is 10.3 Å². The molecular weight excluding hydrogens is 593 g/mol. The Labute approximate surface area is 268 Å². The van der Waals surface area contributed by atoms with Crippen LogP contribution in [-0.4, -0.2) is 75.5 Å². The first-order valence-electron chi connectivity index (χ1n) is 15.8. The molecule has 12 heteroatoms. The van der Waals surface area contributed by atoms with Gasteiger partial charge in [-0.1, -0.05) is 6.07 Å². The highest BCUT2D eigenvalue weighted by Crippen LogP contribution is 2.28. The van der Waals surface area contributed by atoms with Crippen molar-refractivity contribution in [1.29, 1.82) is 5.26 Å². The second kappa shape index (κ2) is 15.2. The third kappa shape index (κ3) is 9.49. The molecule has 3 amide bonds. The number of nitrogens with one attached hydrogen (secondary N) is 1. The number of carboxylic acids is 1. The fourth-order valence-corrected chi connectivity index (χ4v) is 5.94. The van der Waals surface area contributed by atoms with Crippen LogP contribution >= 0.6 is 0 Å². The number of ether oxygens (including phenoxy) is 1. The van der Waals surface area contributed by atoms with Gasteiger partial charge in [0.15, 0.2) is 0 Å². The van der Waals surface area contributed by atoms with Crippen LogP contribution in [0.15, 0.2) is 36.7 Å². The number of aromatic nitrogens is 1. The summed E-state index contributed by atoms with van der Waals surface area (Å²) in [5.41, 5.74) is 0.776. The second-order valence-electron chi connectivity index (χ2n) is 13.1. The van der Waals surface area contributed by atoms with Crippen molar-refractivity contribution in [1.82, 2.24) is 20.1 Å². The lowest BCUT2D eigenvalue weighted by atomic mass is 9.91. The summed E-state index contributed by atoms with van der Waals surface area (Å²) in [7, 11) is 0. The molecule has 3 heterocycles. The molecule has 11 nitrogen and oxygen atoms in total. The number of nitriles is 1. The van der Waals surface area contributed by atoms with Gasteiger partial charge in [-0.15, -0.1) is 0 Å². The standard InChI is InChI=1S/C34H42FN5O6/c1-34(2,3)46-33(45)39-13-10-22(11-14-39)6-9-30(41)40-12-4-5-25(21-40)32(44)38-29(17-31(42)43)27-15-26(19-37-20-27)23-7-8-24(18-36)28(35)16-23/h7-8,15-16,19-20,22,25,29H,4-6,9-14,17,21H2,1-3H3,(H,38,44)(H,42,43)/t25-,29?/m1/s1. The number of carboxylic acid groups (broad SMARTS) is 1. The van der Waals surface area contributed by atoms with Crippen LogP contribution in [0.4, 0.5) is 9.18 Å². The number of benzene rings is 1. The number of hydrogen-bond donors (Lipinski definition) is 2. The van der Waals surface area contributed by atoms with Gasteiger partial charge < -0.3 is 25.0 Å². The van der Waals surface area contributed by atoms with E-state index in [-0.39, 0.29) is 36.4 Å². The van der Waals surface area contributed by atoms with Crippen LogP contribution in [-0.2, 0) is 19.1 Å². The molecule has 4 rings (SSSR count). The van der Waals surface area contributed by atoms with Crippen LogP contribution in [0, 0.1) is 29.0 Å². The van der Waals surface area contributed by atoms with Gasteiger partial charge in [0, 0.05) is 50.6 Å². The highest BCUT2D eigenvalue weighted by Gasteiger charge is 2.32. The van der Waals surface area contributed by atoms with E-state index in [9.17, 15) is 28.7 Å². The van der Waals surface area contributed by atoms with Crippen molar-refractivity contribution < 1.29 is 33.4 Å². The summed E-state index contributed by atoms with van der Waals surface area (Å²) in [5.74, 6) is -2.31. The Hall–Kier alpha value is -4.53. The van der Waals surface area contributed by atoms with Gasteiger partial charge in [0.1, 0.15) is 17.5 Å². The molecule has 1 unspecified atom stereocenters. The van der Waals surface area contributed by atoms with E-state index in [1.165, 1.54) is 24.5 Å². The molecule has 2 aliphatic rings. The third-order valence-electron chi connectivity index (χ3n) is 8.46. The minimum absolute atomic E-state index is 0.0132. The van der Waals surface area contributed by atoms with Gasteiger partial charge >= 0.3 is 12.1 Å². The molecule has 1 aromatic heterocycles. The maximum absolute atomic E-state index is 14.2. The predicted molar refractivity (Wildman–Crippen MR) is 167 cm³/mol. The number of piperidine rings is 2. The van der Waals surface area contributed by atoms with E-state index in [0.717, 1.165) is 12.8 Å². The first kappa shape index (κ1) is 34.3. The molecular formula is C34H42FN5O6. The van der Waals surface area contributed by atoms with Gasteiger partial charge in [-0.05, 0) is 88.1 Å². The first-order chi connectivity index (χ1) is 21.8. The van der Waals surface area contributed by atoms with Crippen LogP contribution in [0.25, 0.3) is 11.1 Å². The fraction of sp³-hybridized carbons (Fsp3) is 0.529. The molecule has 2 fully saturated rings. The molecule has 246 valence electrons. The number of likely N-dealkylation sites (tertiary alicyclic amines) is 2. The highest BCUT2D eigenvalue weighted by atomic mass is 19.1. The average Bonchev–Trinajstić information content (AvgIpc) is 3.02. The molecule has 2 saturated heterocycles. The average molecular weight is 636 g/mol. The van der Waals surface area contributed by atoms with Crippen molar-refractivity contribution in [3.8, 4) is 17.2 Å². The summed E-state index contributed by atoms with van der Waals surface area (Å²) in [4.78, 5) is 58.2. The van der Waals surface area contributed by atoms with Crippen molar-refractivity contribution >= 4 is 23.9 Å². The Kier molecular flexibility index (Phi) is 11.3. The summed E-state index contributed by atoms with van der Waals surface area (Å²) < 4.78 is 19.7. The number of halogens is 1. The number of carbonyl (C=O) groups is 4. The highest BCUT2D eigenvalue weighted by molar-refractivity contribution is 5.82. The predicted octanol–water partition coefficient (Wildman–Crippen LogP) is 5.06. The normalized spacial score (nSPS) is 17.9. The third-order valence-corrected chi connectivity index (χ3v) is 8.46. The smallest absolute Gasteiger partial charge is 0.410 e. The Bertz CT molecular complexity index is 1480. The number of pyridine rings is 1. The Morgan fingerprint density at radius 2 is 1.83 bits per heavy atom. The molecule has 0 saturated carbocycles. The van der Waals surface area contributed by atoms with Crippen LogP contribution in [0.2, 0.25) is 0 Å². The molecule has 2 atom stereocenters. The van der Waals surface area contributed by atoms with Gasteiger partial charge in [-0.25, -0.2) is 9.18 Å². The number of rotatable bonds is 9. The van der Waals surface area contributed by atoms with Crippen molar-refractivity contribution in [3.05, 3.63) is 53.6 Å². The SMILES string of the molecule is CC(C)(C)OC(=O)N1CCC(CCC(=O)N2CCC[C@@H](C(=O)NC(CC(=O)O)c3cncc(-c4ccc(C#N)c(F)c4)c3)C2)CC1. The van der Waals surface area contributed by atoms with Gasteiger partial charge in [0.05, 0.1) is 23.9 Å². The van der Waals surface area contributed by atoms with Crippen LogP contribution in [0.3, 0.4) is 0 Å². The van der Waals surface area contributed by atoms with Gasteiger partial charge in [-0.3, -0.25) is 19.4 Å². The molecule has 0 spiro atoms. The van der Waals surface area contributed by atoms with Crippen LogP contribution in [0.1, 0.15) is 82.9 Å². The van der Waals surface area contributed by atoms with E-state index in [4.69, 9.17) is 10.00 Å². The number of amides is 3. The van der Waals surface area contributed by atoms with E-state index < -0.39 is 29.3 Å². The zero-order valence-corrected chi connectivity index (χ0v) is 26.6. The van der Waals surface area contributed by atoms with Crippen molar-refractivity contribution in [2.24, 2.45) is 11.8 Å². The monoisotopic (exact) mass is 635 g/mol. The Morgan fingerprint density at radius 3 is 2.48 bits per heavy atom. The van der Waals surface area contributed by atoms with Crippen LogP contribution < -0.4 is 5.32 Å². The fourth-order valence-electron chi connectivity index (χ4n) is 5.94. The topological polar surface area (TPSA) is 153 Å². The summed E-state index contributed by atoms with van der Waals surface area (Å²) in [5, 5.41) is 21.5.